The molecule has 1 saturated heterocycles. The van der Waals surface area contributed by atoms with Gasteiger partial charge in [-0.25, -0.2) is 8.42 Å². The quantitative estimate of drug-likeness (QED) is 0.837. The van der Waals surface area contributed by atoms with Gasteiger partial charge in [0.25, 0.3) is 5.91 Å². The summed E-state index contributed by atoms with van der Waals surface area (Å²) in [5, 5.41) is 5.44. The first-order chi connectivity index (χ1) is 11.5. The van der Waals surface area contributed by atoms with Gasteiger partial charge in [-0.05, 0) is 58.4 Å². The molecule has 138 valence electrons. The summed E-state index contributed by atoms with van der Waals surface area (Å²) >= 11 is 0. The van der Waals surface area contributed by atoms with E-state index in [0.29, 0.717) is 24.2 Å². The van der Waals surface area contributed by atoms with E-state index in [1.807, 2.05) is 20.8 Å². The first-order valence-electron chi connectivity index (χ1n) is 8.23. The van der Waals surface area contributed by atoms with Gasteiger partial charge in [0, 0.05) is 17.6 Å². The van der Waals surface area contributed by atoms with E-state index >= 15 is 0 Å². The minimum Gasteiger partial charge on any atom is -0.350 e. The predicted octanol–water partition coefficient (Wildman–Crippen LogP) is 1.26. The molecule has 7 nitrogen and oxygen atoms in total. The number of amides is 2. The molecule has 0 spiro atoms. The molecule has 0 saturated carbocycles. The molecule has 2 rings (SSSR count). The SMILES string of the molecule is CC(NC(=O)c1ccc(N2CCCS2(=O)=O)cc1)C(=O)NC(C)(C)C. The van der Waals surface area contributed by atoms with Crippen LogP contribution in [0, 0.1) is 0 Å². The van der Waals surface area contributed by atoms with Gasteiger partial charge >= 0.3 is 0 Å². The summed E-state index contributed by atoms with van der Waals surface area (Å²) in [5.74, 6) is -0.497. The van der Waals surface area contributed by atoms with E-state index in [2.05, 4.69) is 10.6 Å². The van der Waals surface area contributed by atoms with Crippen LogP contribution in [0.4, 0.5) is 5.69 Å². The van der Waals surface area contributed by atoms with Crippen molar-refractivity contribution >= 4 is 27.5 Å². The van der Waals surface area contributed by atoms with E-state index in [1.54, 1.807) is 31.2 Å². The fraction of sp³-hybridized carbons (Fsp3) is 0.529. The lowest BCUT2D eigenvalue weighted by molar-refractivity contribution is -0.124. The highest BCUT2D eigenvalue weighted by molar-refractivity contribution is 7.93. The summed E-state index contributed by atoms with van der Waals surface area (Å²) in [4.78, 5) is 24.3. The van der Waals surface area contributed by atoms with Crippen LogP contribution >= 0.6 is 0 Å². The lowest BCUT2D eigenvalue weighted by Gasteiger charge is -2.23. The van der Waals surface area contributed by atoms with Crippen molar-refractivity contribution in [2.24, 2.45) is 0 Å². The minimum absolute atomic E-state index is 0.148. The maximum Gasteiger partial charge on any atom is 0.251 e. The van der Waals surface area contributed by atoms with E-state index in [1.165, 1.54) is 4.31 Å². The molecular weight excluding hydrogens is 342 g/mol. The zero-order valence-electron chi connectivity index (χ0n) is 15.0. The van der Waals surface area contributed by atoms with E-state index in [4.69, 9.17) is 0 Å². The van der Waals surface area contributed by atoms with Crippen molar-refractivity contribution in [3.8, 4) is 0 Å². The van der Waals surface area contributed by atoms with Crippen LogP contribution in [0.2, 0.25) is 0 Å². The fourth-order valence-electron chi connectivity index (χ4n) is 2.53. The molecule has 1 atom stereocenters. The Morgan fingerprint density at radius 1 is 1.16 bits per heavy atom. The van der Waals surface area contributed by atoms with E-state index in [9.17, 15) is 18.0 Å². The van der Waals surface area contributed by atoms with Crippen molar-refractivity contribution in [3.63, 3.8) is 0 Å². The van der Waals surface area contributed by atoms with Crippen LogP contribution in [0.25, 0.3) is 0 Å². The molecule has 1 aliphatic rings. The molecule has 1 fully saturated rings. The van der Waals surface area contributed by atoms with Gasteiger partial charge in [-0.2, -0.15) is 0 Å². The number of rotatable bonds is 4. The summed E-state index contributed by atoms with van der Waals surface area (Å²) in [7, 11) is -3.24. The molecule has 2 N–H and O–H groups in total. The molecule has 0 aromatic heterocycles. The van der Waals surface area contributed by atoms with Crippen molar-refractivity contribution in [1.82, 2.24) is 10.6 Å². The van der Waals surface area contributed by atoms with Gasteiger partial charge in [-0.15, -0.1) is 0 Å². The second-order valence-corrected chi connectivity index (χ2v) is 9.24. The van der Waals surface area contributed by atoms with Crippen molar-refractivity contribution in [3.05, 3.63) is 29.8 Å². The third-order valence-corrected chi connectivity index (χ3v) is 5.63. The normalized spacial score (nSPS) is 17.8. The summed E-state index contributed by atoms with van der Waals surface area (Å²) in [6.07, 6.45) is 0.602. The van der Waals surface area contributed by atoms with Crippen LogP contribution in [-0.2, 0) is 14.8 Å². The van der Waals surface area contributed by atoms with Crippen LogP contribution in [0.15, 0.2) is 24.3 Å². The monoisotopic (exact) mass is 367 g/mol. The summed E-state index contributed by atoms with van der Waals surface area (Å²) in [6.45, 7) is 7.67. The van der Waals surface area contributed by atoms with Crippen molar-refractivity contribution in [2.45, 2.75) is 45.7 Å². The highest BCUT2D eigenvalue weighted by Gasteiger charge is 2.28. The fourth-order valence-corrected chi connectivity index (χ4v) is 4.10. The summed E-state index contributed by atoms with van der Waals surface area (Å²) < 4.78 is 25.2. The molecule has 1 aromatic rings. The number of carbonyl (C=O) groups is 2. The molecule has 0 bridgehead atoms. The number of sulfonamides is 1. The second kappa shape index (κ2) is 7.03. The Labute approximate surface area is 148 Å². The smallest absolute Gasteiger partial charge is 0.251 e. The van der Waals surface area contributed by atoms with Gasteiger partial charge in [0.2, 0.25) is 15.9 Å². The average Bonchev–Trinajstić information content (AvgIpc) is 2.85. The number of hydrogen-bond donors (Lipinski definition) is 2. The van der Waals surface area contributed by atoms with Gasteiger partial charge in [-0.1, -0.05) is 0 Å². The third kappa shape index (κ3) is 4.94. The summed E-state index contributed by atoms with van der Waals surface area (Å²) in [5.41, 5.74) is 0.544. The van der Waals surface area contributed by atoms with Gasteiger partial charge in [0.1, 0.15) is 6.04 Å². The molecule has 25 heavy (non-hydrogen) atoms. The molecule has 0 radical (unpaired) electrons. The molecule has 1 aliphatic heterocycles. The Morgan fingerprint density at radius 3 is 2.24 bits per heavy atom. The van der Waals surface area contributed by atoms with E-state index in [-0.39, 0.29) is 23.1 Å². The van der Waals surface area contributed by atoms with Gasteiger partial charge in [0.05, 0.1) is 11.4 Å². The number of nitrogens with one attached hydrogen (secondary N) is 2. The Morgan fingerprint density at radius 2 is 1.76 bits per heavy atom. The maximum absolute atomic E-state index is 12.3. The van der Waals surface area contributed by atoms with E-state index in [0.717, 1.165) is 0 Å². The Kier molecular flexibility index (Phi) is 5.41. The minimum atomic E-state index is -3.24. The Balaban J connectivity index is 2.02. The number of anilines is 1. The predicted molar refractivity (Wildman–Crippen MR) is 97.0 cm³/mol. The lowest BCUT2D eigenvalue weighted by Crippen LogP contribution is -2.50. The van der Waals surface area contributed by atoms with Crippen LogP contribution in [-0.4, -0.2) is 44.1 Å². The second-order valence-electron chi connectivity index (χ2n) is 7.22. The summed E-state index contributed by atoms with van der Waals surface area (Å²) in [6, 6.07) is 5.67. The lowest BCUT2D eigenvalue weighted by atomic mass is 10.1. The van der Waals surface area contributed by atoms with Gasteiger partial charge < -0.3 is 10.6 Å². The Hall–Kier alpha value is -2.09. The average molecular weight is 367 g/mol. The molecule has 0 aliphatic carbocycles. The van der Waals surface area contributed by atoms with Crippen molar-refractivity contribution in [2.75, 3.05) is 16.6 Å². The molecular formula is C17H25N3O4S. The maximum atomic E-state index is 12.3. The first-order valence-corrected chi connectivity index (χ1v) is 9.84. The molecule has 1 aromatic carbocycles. The standard InChI is InChI=1S/C17H25N3O4S/c1-12(15(21)19-17(2,3)4)18-16(22)13-6-8-14(9-7-13)20-10-5-11-25(20,23)24/h6-9,12H,5,10-11H2,1-4H3,(H,18,22)(H,19,21). The third-order valence-electron chi connectivity index (χ3n) is 3.76. The number of hydrogen-bond acceptors (Lipinski definition) is 4. The molecule has 8 heteroatoms. The topological polar surface area (TPSA) is 95.6 Å². The van der Waals surface area contributed by atoms with Crippen LogP contribution in [0.3, 0.4) is 0 Å². The molecule has 1 heterocycles. The van der Waals surface area contributed by atoms with E-state index < -0.39 is 16.1 Å². The van der Waals surface area contributed by atoms with Gasteiger partial charge in [-0.3, -0.25) is 13.9 Å². The highest BCUT2D eigenvalue weighted by atomic mass is 32.2. The molecule has 1 unspecified atom stereocenters. The largest absolute Gasteiger partial charge is 0.350 e. The van der Waals surface area contributed by atoms with Crippen LogP contribution in [0.5, 0.6) is 0 Å². The van der Waals surface area contributed by atoms with Crippen molar-refractivity contribution < 1.29 is 18.0 Å². The zero-order valence-corrected chi connectivity index (χ0v) is 15.8. The van der Waals surface area contributed by atoms with Gasteiger partial charge in [0.15, 0.2) is 0 Å². The van der Waals surface area contributed by atoms with Crippen LogP contribution in [0.1, 0.15) is 44.5 Å². The molecule has 2 amide bonds. The Bertz CT molecular complexity index is 751. The highest BCUT2D eigenvalue weighted by Crippen LogP contribution is 2.24. The first kappa shape index (κ1) is 19.2. The number of carbonyl (C=O) groups excluding carboxylic acids is 2. The zero-order chi connectivity index (χ0) is 18.8. The number of nitrogens with zero attached hydrogens (tertiary/aromatic N) is 1. The van der Waals surface area contributed by atoms with Crippen molar-refractivity contribution in [1.29, 1.82) is 0 Å². The van der Waals surface area contributed by atoms with Crippen LogP contribution < -0.4 is 14.9 Å². The number of benzene rings is 1.